The van der Waals surface area contributed by atoms with Crippen molar-refractivity contribution in [2.24, 2.45) is 0 Å². The molecule has 1 aliphatic rings. The van der Waals surface area contributed by atoms with Crippen molar-refractivity contribution in [1.82, 2.24) is 0 Å². The summed E-state index contributed by atoms with van der Waals surface area (Å²) in [7, 11) is 0. The van der Waals surface area contributed by atoms with Gasteiger partial charge in [0.25, 0.3) is 5.69 Å². The maximum Gasteiger partial charge on any atom is 0.269 e. The van der Waals surface area contributed by atoms with Gasteiger partial charge in [0.1, 0.15) is 0 Å². The molecule has 0 amide bonds. The van der Waals surface area contributed by atoms with Crippen molar-refractivity contribution in [3.05, 3.63) is 81.4 Å². The van der Waals surface area contributed by atoms with Gasteiger partial charge in [-0.25, -0.2) is 0 Å². The highest BCUT2D eigenvalue weighted by Crippen LogP contribution is 2.24. The molecule has 118 valence electrons. The van der Waals surface area contributed by atoms with E-state index in [0.717, 1.165) is 16.7 Å². The van der Waals surface area contributed by atoms with Crippen LogP contribution in [0.1, 0.15) is 17.5 Å². The summed E-state index contributed by atoms with van der Waals surface area (Å²) in [5, 5.41) is 10.6. The van der Waals surface area contributed by atoms with Gasteiger partial charge in [0.2, 0.25) is 0 Å². The molecule has 1 aliphatic heterocycles. The molecule has 3 rings (SSSR count). The molecule has 1 unspecified atom stereocenters. The van der Waals surface area contributed by atoms with Crippen LogP contribution in [0.15, 0.2) is 60.2 Å². The van der Waals surface area contributed by atoms with Crippen LogP contribution in [0.25, 0.3) is 6.08 Å². The Morgan fingerprint density at radius 3 is 2.61 bits per heavy atom. The van der Waals surface area contributed by atoms with Crippen molar-refractivity contribution in [2.45, 2.75) is 19.3 Å². The lowest BCUT2D eigenvalue weighted by atomic mass is 10.1. The van der Waals surface area contributed by atoms with E-state index in [2.05, 4.69) is 0 Å². The number of nitro groups is 1. The Labute approximate surface area is 134 Å². The van der Waals surface area contributed by atoms with Crippen LogP contribution in [0.5, 0.6) is 0 Å². The van der Waals surface area contributed by atoms with Crippen molar-refractivity contribution in [3.8, 4) is 0 Å². The number of non-ortho nitro benzene ring substituents is 1. The second kappa shape index (κ2) is 7.17. The van der Waals surface area contributed by atoms with Gasteiger partial charge in [-0.05, 0) is 28.8 Å². The van der Waals surface area contributed by atoms with E-state index in [1.165, 1.54) is 12.1 Å². The van der Waals surface area contributed by atoms with Crippen molar-refractivity contribution >= 4 is 11.8 Å². The zero-order valence-electron chi connectivity index (χ0n) is 12.6. The molecule has 0 N–H and O–H groups in total. The van der Waals surface area contributed by atoms with E-state index in [1.54, 1.807) is 12.1 Å². The lowest BCUT2D eigenvalue weighted by molar-refractivity contribution is -0.384. The number of nitrogens with zero attached hydrogens (tertiary/aromatic N) is 1. The minimum atomic E-state index is -0.400. The summed E-state index contributed by atoms with van der Waals surface area (Å²) in [6.45, 7) is 1.05. The third kappa shape index (κ3) is 4.25. The van der Waals surface area contributed by atoms with Crippen LogP contribution in [0, 0.1) is 10.1 Å². The Bertz CT molecular complexity index is 695. The molecule has 5 heteroatoms. The highest BCUT2D eigenvalue weighted by molar-refractivity contribution is 5.55. The Kier molecular flexibility index (Phi) is 4.80. The molecule has 0 saturated carbocycles. The van der Waals surface area contributed by atoms with Gasteiger partial charge in [-0.2, -0.15) is 0 Å². The van der Waals surface area contributed by atoms with Crippen LogP contribution in [0.4, 0.5) is 5.69 Å². The van der Waals surface area contributed by atoms with Crippen LogP contribution in [-0.4, -0.2) is 17.8 Å². The van der Waals surface area contributed by atoms with Crippen LogP contribution in [0.2, 0.25) is 0 Å². The summed E-state index contributed by atoms with van der Waals surface area (Å²) >= 11 is 0. The molecule has 5 nitrogen and oxygen atoms in total. The topological polar surface area (TPSA) is 61.6 Å². The van der Waals surface area contributed by atoms with Gasteiger partial charge >= 0.3 is 0 Å². The average molecular weight is 311 g/mol. The highest BCUT2D eigenvalue weighted by Gasteiger charge is 2.20. The predicted octanol–water partition coefficient (Wildman–Crippen LogP) is 3.94. The third-order valence-electron chi connectivity index (χ3n) is 3.64. The third-order valence-corrected chi connectivity index (χ3v) is 3.64. The van der Waals surface area contributed by atoms with E-state index in [9.17, 15) is 10.1 Å². The highest BCUT2D eigenvalue weighted by atomic mass is 16.7. The van der Waals surface area contributed by atoms with Gasteiger partial charge in [0, 0.05) is 18.6 Å². The Morgan fingerprint density at radius 2 is 1.91 bits per heavy atom. The number of benzene rings is 2. The molecular weight excluding hydrogens is 294 g/mol. The molecular formula is C18H17NO4. The van der Waals surface area contributed by atoms with Gasteiger partial charge < -0.3 is 9.47 Å². The Hall–Kier alpha value is -2.50. The van der Waals surface area contributed by atoms with Gasteiger partial charge in [-0.3, -0.25) is 10.1 Å². The molecule has 2 aromatic carbocycles. The normalized spacial score (nSPS) is 19.1. The minimum Gasteiger partial charge on any atom is -0.348 e. The fraction of sp³-hybridized carbons (Fsp3) is 0.222. The van der Waals surface area contributed by atoms with E-state index >= 15 is 0 Å². The standard InChI is InChI=1S/C18H17NO4/c20-19(21)17-8-6-14(7-9-17)10-16-11-18(23-13-16)22-12-15-4-2-1-3-5-15/h1-10,18H,11-13H2/b16-10+. The summed E-state index contributed by atoms with van der Waals surface area (Å²) in [6, 6.07) is 16.5. The summed E-state index contributed by atoms with van der Waals surface area (Å²) in [6.07, 6.45) is 2.47. The van der Waals surface area contributed by atoms with Gasteiger partial charge in [0.05, 0.1) is 18.1 Å². The van der Waals surface area contributed by atoms with Gasteiger partial charge in [-0.1, -0.05) is 36.4 Å². The number of hydrogen-bond acceptors (Lipinski definition) is 4. The number of rotatable bonds is 5. The Balaban J connectivity index is 1.55. The first-order chi connectivity index (χ1) is 11.2. The summed E-state index contributed by atoms with van der Waals surface area (Å²) in [5.74, 6) is 0. The molecule has 0 aliphatic carbocycles. The molecule has 2 aromatic rings. The minimum absolute atomic E-state index is 0.0962. The van der Waals surface area contributed by atoms with Gasteiger partial charge in [-0.15, -0.1) is 0 Å². The van der Waals surface area contributed by atoms with Crippen molar-refractivity contribution in [1.29, 1.82) is 0 Å². The largest absolute Gasteiger partial charge is 0.348 e. The molecule has 0 spiro atoms. The van der Waals surface area contributed by atoms with E-state index in [4.69, 9.17) is 9.47 Å². The molecule has 0 aromatic heterocycles. The quantitative estimate of drug-likeness (QED) is 0.620. The Morgan fingerprint density at radius 1 is 1.17 bits per heavy atom. The van der Waals surface area contributed by atoms with Gasteiger partial charge in [0.15, 0.2) is 6.29 Å². The first kappa shape index (κ1) is 15.4. The predicted molar refractivity (Wildman–Crippen MR) is 86.7 cm³/mol. The first-order valence-electron chi connectivity index (χ1n) is 7.42. The maximum atomic E-state index is 10.6. The molecule has 0 radical (unpaired) electrons. The van der Waals surface area contributed by atoms with Crippen LogP contribution in [-0.2, 0) is 16.1 Å². The van der Waals surface area contributed by atoms with Crippen LogP contribution < -0.4 is 0 Å². The molecule has 1 fully saturated rings. The number of hydrogen-bond donors (Lipinski definition) is 0. The van der Waals surface area contributed by atoms with E-state index in [-0.39, 0.29) is 12.0 Å². The zero-order chi connectivity index (χ0) is 16.1. The van der Waals surface area contributed by atoms with E-state index in [0.29, 0.717) is 19.6 Å². The molecule has 1 atom stereocenters. The number of nitro benzene ring substituents is 1. The molecule has 0 bridgehead atoms. The van der Waals surface area contributed by atoms with Crippen molar-refractivity contribution < 1.29 is 14.4 Å². The SMILES string of the molecule is O=[N+]([O-])c1ccc(/C=C2/COC(OCc3ccccc3)C2)cc1. The second-order valence-electron chi connectivity index (χ2n) is 5.39. The lowest BCUT2D eigenvalue weighted by Crippen LogP contribution is -2.10. The molecule has 23 heavy (non-hydrogen) atoms. The fourth-order valence-corrected chi connectivity index (χ4v) is 2.43. The van der Waals surface area contributed by atoms with Crippen molar-refractivity contribution in [3.63, 3.8) is 0 Å². The first-order valence-corrected chi connectivity index (χ1v) is 7.42. The molecule has 1 saturated heterocycles. The second-order valence-corrected chi connectivity index (χ2v) is 5.39. The smallest absolute Gasteiger partial charge is 0.269 e. The van der Waals surface area contributed by atoms with Crippen LogP contribution >= 0.6 is 0 Å². The summed E-state index contributed by atoms with van der Waals surface area (Å²) < 4.78 is 11.4. The fourth-order valence-electron chi connectivity index (χ4n) is 2.43. The monoisotopic (exact) mass is 311 g/mol. The lowest BCUT2D eigenvalue weighted by Gasteiger charge is -2.10. The van der Waals surface area contributed by atoms with Crippen LogP contribution in [0.3, 0.4) is 0 Å². The van der Waals surface area contributed by atoms with E-state index in [1.807, 2.05) is 36.4 Å². The summed E-state index contributed by atoms with van der Waals surface area (Å²) in [5.41, 5.74) is 3.26. The maximum absolute atomic E-state index is 10.6. The average Bonchev–Trinajstić information content (AvgIpc) is 3.02. The molecule has 1 heterocycles. The summed E-state index contributed by atoms with van der Waals surface area (Å²) in [4.78, 5) is 10.2. The zero-order valence-corrected chi connectivity index (χ0v) is 12.6. The van der Waals surface area contributed by atoms with Crippen molar-refractivity contribution in [2.75, 3.05) is 6.61 Å². The number of ether oxygens (including phenoxy) is 2. The van der Waals surface area contributed by atoms with E-state index < -0.39 is 4.92 Å².